The molecule has 3 N–H and O–H groups in total. The highest BCUT2D eigenvalue weighted by atomic mass is 16.5. The number of aryl methyl sites for hydroxylation is 1. The first-order valence-corrected chi connectivity index (χ1v) is 13.1. The number of pyridine rings is 1. The summed E-state index contributed by atoms with van der Waals surface area (Å²) < 4.78 is 16.9. The van der Waals surface area contributed by atoms with Crippen LogP contribution in [0.15, 0.2) is 66.7 Å². The van der Waals surface area contributed by atoms with Crippen molar-refractivity contribution in [1.82, 2.24) is 4.98 Å². The average Bonchev–Trinajstić information content (AvgIpc) is 2.95. The monoisotopic (exact) mass is 532 g/mol. The van der Waals surface area contributed by atoms with Crippen LogP contribution < -0.4 is 19.9 Å². The van der Waals surface area contributed by atoms with E-state index in [1.165, 1.54) is 30.9 Å². The Morgan fingerprint density at radius 1 is 0.897 bits per heavy atom. The van der Waals surface area contributed by atoms with Crippen LogP contribution in [-0.4, -0.2) is 35.7 Å². The summed E-state index contributed by atoms with van der Waals surface area (Å²) in [5.74, 6) is 0.101. The van der Waals surface area contributed by atoms with E-state index in [0.717, 1.165) is 43.1 Å². The zero-order valence-corrected chi connectivity index (χ0v) is 22.3. The zero-order chi connectivity index (χ0) is 27.9. The Kier molecular flexibility index (Phi) is 11.9. The standard InChI is InChI=1S/C31H36N2O6/c1-37-26-14-12-23(13-15-26)9-6-4-2-3-5-7-20-38-28-17-18-29(33-27(28)16-19-30(34)35)39-22-24-10-8-11-25(21-24)31(32)36/h8,10-19,21H,2-7,9,20,22H2,1H3,(H2,32,36)(H,34,35). The molecular formula is C31H36N2O6. The largest absolute Gasteiger partial charge is 0.497 e. The SMILES string of the molecule is COc1ccc(CCCCCCCCOc2ccc(OCc3cccc(C(N)=O)c3)nc2C=CC(=O)O)cc1. The van der Waals surface area contributed by atoms with Gasteiger partial charge in [0.05, 0.1) is 13.7 Å². The predicted octanol–water partition coefficient (Wildman–Crippen LogP) is 5.83. The maximum Gasteiger partial charge on any atom is 0.328 e. The van der Waals surface area contributed by atoms with Crippen LogP contribution in [0.1, 0.15) is 65.7 Å². The number of carbonyl (C=O) groups is 2. The molecule has 1 aromatic heterocycles. The number of carboxylic acids is 1. The Hall–Kier alpha value is -4.33. The van der Waals surface area contributed by atoms with Crippen LogP contribution in [0.5, 0.6) is 17.4 Å². The Balaban J connectivity index is 1.41. The van der Waals surface area contributed by atoms with Crippen molar-refractivity contribution in [3.63, 3.8) is 0 Å². The lowest BCUT2D eigenvalue weighted by Crippen LogP contribution is -2.11. The van der Waals surface area contributed by atoms with Crippen LogP contribution >= 0.6 is 0 Å². The molecule has 39 heavy (non-hydrogen) atoms. The number of benzene rings is 2. The molecular weight excluding hydrogens is 496 g/mol. The summed E-state index contributed by atoms with van der Waals surface area (Å²) >= 11 is 0. The molecule has 0 saturated heterocycles. The van der Waals surface area contributed by atoms with E-state index in [-0.39, 0.29) is 6.61 Å². The van der Waals surface area contributed by atoms with Gasteiger partial charge in [-0.1, -0.05) is 49.9 Å². The number of ether oxygens (including phenoxy) is 3. The minimum Gasteiger partial charge on any atom is -0.497 e. The average molecular weight is 533 g/mol. The Bertz CT molecular complexity index is 1240. The summed E-state index contributed by atoms with van der Waals surface area (Å²) in [7, 11) is 1.68. The smallest absolute Gasteiger partial charge is 0.328 e. The fraction of sp³-hybridized carbons (Fsp3) is 0.323. The molecule has 0 atom stereocenters. The minimum absolute atomic E-state index is 0.177. The molecule has 0 spiro atoms. The molecule has 2 aromatic carbocycles. The van der Waals surface area contributed by atoms with Crippen molar-refractivity contribution in [2.75, 3.05) is 13.7 Å². The number of carboxylic acid groups (broad SMARTS) is 1. The van der Waals surface area contributed by atoms with Gasteiger partial charge >= 0.3 is 5.97 Å². The second-order valence-electron chi connectivity index (χ2n) is 9.13. The van der Waals surface area contributed by atoms with Crippen LogP contribution in [0.4, 0.5) is 0 Å². The normalized spacial score (nSPS) is 10.9. The predicted molar refractivity (Wildman–Crippen MR) is 150 cm³/mol. The van der Waals surface area contributed by atoms with E-state index in [0.29, 0.717) is 29.5 Å². The fourth-order valence-electron chi connectivity index (χ4n) is 4.00. The van der Waals surface area contributed by atoms with Gasteiger partial charge in [0.2, 0.25) is 11.8 Å². The van der Waals surface area contributed by atoms with E-state index in [1.807, 2.05) is 18.2 Å². The molecule has 1 heterocycles. The van der Waals surface area contributed by atoms with E-state index in [2.05, 4.69) is 17.1 Å². The van der Waals surface area contributed by atoms with E-state index < -0.39 is 11.9 Å². The molecule has 8 heteroatoms. The number of primary amides is 1. The molecule has 0 aliphatic rings. The van der Waals surface area contributed by atoms with Crippen molar-refractivity contribution in [3.05, 3.63) is 89.1 Å². The van der Waals surface area contributed by atoms with E-state index in [9.17, 15) is 9.59 Å². The number of carbonyl (C=O) groups excluding carboxylic acids is 1. The van der Waals surface area contributed by atoms with Gasteiger partial charge in [-0.15, -0.1) is 0 Å². The maximum absolute atomic E-state index is 11.4. The van der Waals surface area contributed by atoms with Crippen molar-refractivity contribution >= 4 is 18.0 Å². The van der Waals surface area contributed by atoms with Crippen LogP contribution in [0.2, 0.25) is 0 Å². The van der Waals surface area contributed by atoms with Crippen molar-refractivity contribution < 1.29 is 28.9 Å². The van der Waals surface area contributed by atoms with Gasteiger partial charge in [0.1, 0.15) is 23.8 Å². The Labute approximate surface area is 229 Å². The lowest BCUT2D eigenvalue weighted by Gasteiger charge is -2.11. The fourth-order valence-corrected chi connectivity index (χ4v) is 4.00. The molecule has 0 saturated carbocycles. The first-order valence-electron chi connectivity index (χ1n) is 13.1. The number of nitrogens with two attached hydrogens (primary N) is 1. The van der Waals surface area contributed by atoms with Gasteiger partial charge in [-0.25, -0.2) is 9.78 Å². The first kappa shape index (κ1) is 29.2. The van der Waals surface area contributed by atoms with E-state index >= 15 is 0 Å². The molecule has 0 bridgehead atoms. The van der Waals surface area contributed by atoms with Gasteiger partial charge in [0, 0.05) is 17.7 Å². The van der Waals surface area contributed by atoms with Crippen LogP contribution in [0, 0.1) is 0 Å². The van der Waals surface area contributed by atoms with Gasteiger partial charge in [0.25, 0.3) is 0 Å². The molecule has 0 aliphatic heterocycles. The molecule has 3 aromatic rings. The minimum atomic E-state index is -1.08. The number of unbranched alkanes of at least 4 members (excludes halogenated alkanes) is 5. The third-order valence-corrected chi connectivity index (χ3v) is 6.12. The third-order valence-electron chi connectivity index (χ3n) is 6.12. The Morgan fingerprint density at radius 3 is 2.36 bits per heavy atom. The zero-order valence-electron chi connectivity index (χ0n) is 22.3. The van der Waals surface area contributed by atoms with Gasteiger partial charge in [-0.2, -0.15) is 0 Å². The van der Waals surface area contributed by atoms with Crippen LogP contribution in [0.3, 0.4) is 0 Å². The topological polar surface area (TPSA) is 121 Å². The molecule has 0 unspecified atom stereocenters. The first-order chi connectivity index (χ1) is 18.9. The second kappa shape index (κ2) is 15.8. The van der Waals surface area contributed by atoms with Crippen LogP contribution in [0.25, 0.3) is 6.08 Å². The molecule has 8 nitrogen and oxygen atoms in total. The number of aliphatic carboxylic acids is 1. The van der Waals surface area contributed by atoms with Gasteiger partial charge in [-0.3, -0.25) is 4.79 Å². The summed E-state index contributed by atoms with van der Waals surface area (Å²) in [6.45, 7) is 0.693. The summed E-state index contributed by atoms with van der Waals surface area (Å²) in [5.41, 5.74) is 8.20. The van der Waals surface area contributed by atoms with Gasteiger partial charge in [0.15, 0.2) is 0 Å². The summed E-state index contributed by atoms with van der Waals surface area (Å²) in [6.07, 6.45) is 10.1. The number of methoxy groups -OCH3 is 1. The number of aromatic nitrogens is 1. The van der Waals surface area contributed by atoms with Crippen molar-refractivity contribution in [1.29, 1.82) is 0 Å². The number of amides is 1. The highest BCUT2D eigenvalue weighted by Crippen LogP contribution is 2.23. The molecule has 1 amide bonds. The number of hydrogen-bond donors (Lipinski definition) is 2. The third kappa shape index (κ3) is 10.5. The second-order valence-corrected chi connectivity index (χ2v) is 9.13. The van der Waals surface area contributed by atoms with Gasteiger partial charge < -0.3 is 25.1 Å². The summed E-state index contributed by atoms with van der Waals surface area (Å²) in [6, 6.07) is 18.5. The van der Waals surface area contributed by atoms with E-state index in [4.69, 9.17) is 25.1 Å². The molecule has 206 valence electrons. The van der Waals surface area contributed by atoms with Crippen molar-refractivity contribution in [3.8, 4) is 17.4 Å². The molecule has 0 aliphatic carbocycles. The quantitative estimate of drug-likeness (QED) is 0.166. The highest BCUT2D eigenvalue weighted by Gasteiger charge is 2.08. The number of hydrogen-bond acceptors (Lipinski definition) is 6. The molecule has 3 rings (SSSR count). The number of rotatable bonds is 17. The number of nitrogens with zero attached hydrogens (tertiary/aromatic N) is 1. The molecule has 0 fully saturated rings. The van der Waals surface area contributed by atoms with E-state index in [1.54, 1.807) is 37.4 Å². The Morgan fingerprint density at radius 2 is 1.64 bits per heavy atom. The summed E-state index contributed by atoms with van der Waals surface area (Å²) in [5, 5.41) is 9.05. The van der Waals surface area contributed by atoms with Gasteiger partial charge in [-0.05, 0) is 66.8 Å². The maximum atomic E-state index is 11.4. The summed E-state index contributed by atoms with van der Waals surface area (Å²) in [4.78, 5) is 26.8. The van der Waals surface area contributed by atoms with Crippen LogP contribution in [-0.2, 0) is 17.8 Å². The van der Waals surface area contributed by atoms with Crippen molar-refractivity contribution in [2.45, 2.75) is 51.6 Å². The lowest BCUT2D eigenvalue weighted by atomic mass is 10.0. The van der Waals surface area contributed by atoms with Crippen molar-refractivity contribution in [2.24, 2.45) is 5.73 Å². The molecule has 0 radical (unpaired) electrons. The lowest BCUT2D eigenvalue weighted by molar-refractivity contribution is -0.131. The highest BCUT2D eigenvalue weighted by molar-refractivity contribution is 5.92.